The van der Waals surface area contributed by atoms with Crippen LogP contribution in [0.2, 0.25) is 0 Å². The van der Waals surface area contributed by atoms with Crippen molar-refractivity contribution in [2.45, 2.75) is 18.9 Å². The van der Waals surface area contributed by atoms with Crippen LogP contribution in [0, 0.1) is 23.4 Å². The Morgan fingerprint density at radius 3 is 2.21 bits per heavy atom. The summed E-state index contributed by atoms with van der Waals surface area (Å²) in [6.45, 7) is 0. The van der Waals surface area contributed by atoms with Gasteiger partial charge in [-0.3, -0.25) is 0 Å². The summed E-state index contributed by atoms with van der Waals surface area (Å²) >= 11 is 0. The second-order valence-corrected chi connectivity index (χ2v) is 3.65. The van der Waals surface area contributed by atoms with Crippen LogP contribution in [0.1, 0.15) is 24.4 Å². The van der Waals surface area contributed by atoms with Crippen LogP contribution in [0.5, 0.6) is 0 Å². The van der Waals surface area contributed by atoms with E-state index in [1.807, 2.05) is 0 Å². The van der Waals surface area contributed by atoms with Gasteiger partial charge in [-0.05, 0) is 24.8 Å². The largest absolute Gasteiger partial charge is 0.324 e. The van der Waals surface area contributed by atoms with Gasteiger partial charge >= 0.3 is 0 Å². The molecule has 0 amide bonds. The van der Waals surface area contributed by atoms with Crippen LogP contribution in [0.4, 0.5) is 13.2 Å². The SMILES string of the molecule is NC(c1cc(F)c(F)cc1F)C1CC1. The minimum absolute atomic E-state index is 0.0754. The lowest BCUT2D eigenvalue weighted by Gasteiger charge is -2.11. The molecule has 0 heterocycles. The van der Waals surface area contributed by atoms with Crippen LogP contribution in [0.15, 0.2) is 12.1 Å². The molecule has 1 aromatic rings. The standard InChI is InChI=1S/C10H10F3N/c11-7-4-9(13)8(12)3-6(7)10(14)5-1-2-5/h3-5,10H,1-2,14H2. The number of nitrogens with two attached hydrogens (primary N) is 1. The lowest BCUT2D eigenvalue weighted by molar-refractivity contribution is 0.479. The van der Waals surface area contributed by atoms with Gasteiger partial charge in [0, 0.05) is 17.7 Å². The maximum atomic E-state index is 13.2. The highest BCUT2D eigenvalue weighted by Crippen LogP contribution is 2.40. The first-order valence-electron chi connectivity index (χ1n) is 4.49. The maximum Gasteiger partial charge on any atom is 0.161 e. The molecule has 0 aromatic heterocycles. The van der Waals surface area contributed by atoms with Crippen LogP contribution >= 0.6 is 0 Å². The van der Waals surface area contributed by atoms with Crippen molar-refractivity contribution in [1.82, 2.24) is 0 Å². The Kier molecular flexibility index (Phi) is 2.23. The molecule has 1 aliphatic rings. The second kappa shape index (κ2) is 3.28. The fourth-order valence-electron chi connectivity index (χ4n) is 1.50. The zero-order chi connectivity index (χ0) is 10.3. The molecule has 1 aliphatic carbocycles. The average molecular weight is 201 g/mol. The molecule has 14 heavy (non-hydrogen) atoms. The quantitative estimate of drug-likeness (QED) is 0.731. The van der Waals surface area contributed by atoms with Crippen molar-refractivity contribution < 1.29 is 13.2 Å². The number of hydrogen-bond acceptors (Lipinski definition) is 1. The van der Waals surface area contributed by atoms with E-state index in [9.17, 15) is 13.2 Å². The summed E-state index contributed by atoms with van der Waals surface area (Å²) in [5.41, 5.74) is 5.77. The molecule has 0 bridgehead atoms. The Labute approximate surface area is 79.7 Å². The zero-order valence-electron chi connectivity index (χ0n) is 7.43. The Balaban J connectivity index is 2.36. The molecule has 1 fully saturated rings. The normalized spacial score (nSPS) is 18.3. The van der Waals surface area contributed by atoms with E-state index < -0.39 is 23.5 Å². The van der Waals surface area contributed by atoms with E-state index in [2.05, 4.69) is 0 Å². The summed E-state index contributed by atoms with van der Waals surface area (Å²) < 4.78 is 38.6. The van der Waals surface area contributed by atoms with E-state index in [0.29, 0.717) is 6.07 Å². The highest BCUT2D eigenvalue weighted by molar-refractivity contribution is 5.24. The number of hydrogen-bond donors (Lipinski definition) is 1. The molecule has 1 nitrogen and oxygen atoms in total. The topological polar surface area (TPSA) is 26.0 Å². The van der Waals surface area contributed by atoms with Crippen LogP contribution < -0.4 is 5.73 Å². The third kappa shape index (κ3) is 1.62. The zero-order valence-corrected chi connectivity index (χ0v) is 7.43. The van der Waals surface area contributed by atoms with Crippen LogP contribution in [0.3, 0.4) is 0 Å². The monoisotopic (exact) mass is 201 g/mol. The van der Waals surface area contributed by atoms with Gasteiger partial charge < -0.3 is 5.73 Å². The molecular weight excluding hydrogens is 191 g/mol. The number of benzene rings is 1. The van der Waals surface area contributed by atoms with Gasteiger partial charge in [-0.25, -0.2) is 13.2 Å². The van der Waals surface area contributed by atoms with Gasteiger partial charge in [-0.2, -0.15) is 0 Å². The predicted octanol–water partition coefficient (Wildman–Crippen LogP) is 2.51. The summed E-state index contributed by atoms with van der Waals surface area (Å²) in [4.78, 5) is 0. The van der Waals surface area contributed by atoms with Gasteiger partial charge in [-0.1, -0.05) is 0 Å². The first kappa shape index (κ1) is 9.52. The lowest BCUT2D eigenvalue weighted by Crippen LogP contribution is -2.15. The summed E-state index contributed by atoms with van der Waals surface area (Å²) in [6, 6.07) is 0.894. The van der Waals surface area contributed by atoms with E-state index in [1.54, 1.807) is 0 Å². The maximum absolute atomic E-state index is 13.2. The molecule has 1 unspecified atom stereocenters. The molecular formula is C10H10F3N. The van der Waals surface area contributed by atoms with Crippen LogP contribution in [-0.4, -0.2) is 0 Å². The van der Waals surface area contributed by atoms with Crippen LogP contribution in [0.25, 0.3) is 0 Å². The summed E-state index contributed by atoms with van der Waals surface area (Å²) in [7, 11) is 0. The Morgan fingerprint density at radius 2 is 1.64 bits per heavy atom. The average Bonchev–Trinajstić information content (AvgIpc) is 2.93. The van der Waals surface area contributed by atoms with Gasteiger partial charge in [0.2, 0.25) is 0 Å². The minimum Gasteiger partial charge on any atom is -0.324 e. The van der Waals surface area contributed by atoms with E-state index in [-0.39, 0.29) is 11.5 Å². The predicted molar refractivity (Wildman–Crippen MR) is 46.0 cm³/mol. The first-order valence-corrected chi connectivity index (χ1v) is 4.49. The van der Waals surface area contributed by atoms with E-state index in [4.69, 9.17) is 5.73 Å². The smallest absolute Gasteiger partial charge is 0.161 e. The molecule has 2 N–H and O–H groups in total. The molecule has 1 atom stereocenters. The summed E-state index contributed by atoms with van der Waals surface area (Å²) in [5.74, 6) is -2.76. The fourth-order valence-corrected chi connectivity index (χ4v) is 1.50. The summed E-state index contributed by atoms with van der Waals surface area (Å²) in [5, 5.41) is 0. The van der Waals surface area contributed by atoms with Crippen molar-refractivity contribution in [1.29, 1.82) is 0 Å². The molecule has 1 aromatic carbocycles. The van der Waals surface area contributed by atoms with Gasteiger partial charge in [0.05, 0.1) is 0 Å². The molecule has 76 valence electrons. The van der Waals surface area contributed by atoms with Gasteiger partial charge in [0.1, 0.15) is 5.82 Å². The molecule has 1 saturated carbocycles. The van der Waals surface area contributed by atoms with Gasteiger partial charge in [-0.15, -0.1) is 0 Å². The Bertz CT molecular complexity index is 361. The van der Waals surface area contributed by atoms with E-state index in [0.717, 1.165) is 18.9 Å². The highest BCUT2D eigenvalue weighted by atomic mass is 19.2. The van der Waals surface area contributed by atoms with Gasteiger partial charge in [0.25, 0.3) is 0 Å². The van der Waals surface area contributed by atoms with Crippen molar-refractivity contribution in [2.75, 3.05) is 0 Å². The second-order valence-electron chi connectivity index (χ2n) is 3.65. The lowest BCUT2D eigenvalue weighted by atomic mass is 10.0. The van der Waals surface area contributed by atoms with Crippen molar-refractivity contribution >= 4 is 0 Å². The molecule has 0 radical (unpaired) electrons. The fraction of sp³-hybridized carbons (Fsp3) is 0.400. The molecule has 4 heteroatoms. The third-order valence-corrected chi connectivity index (χ3v) is 2.53. The highest BCUT2D eigenvalue weighted by Gasteiger charge is 2.31. The number of rotatable bonds is 2. The van der Waals surface area contributed by atoms with Crippen molar-refractivity contribution in [3.05, 3.63) is 35.1 Å². The third-order valence-electron chi connectivity index (χ3n) is 2.53. The first-order chi connectivity index (χ1) is 6.59. The Hall–Kier alpha value is -1.03. The van der Waals surface area contributed by atoms with E-state index in [1.165, 1.54) is 0 Å². The van der Waals surface area contributed by atoms with E-state index >= 15 is 0 Å². The van der Waals surface area contributed by atoms with Crippen molar-refractivity contribution in [3.8, 4) is 0 Å². The van der Waals surface area contributed by atoms with Crippen molar-refractivity contribution in [3.63, 3.8) is 0 Å². The molecule has 0 aliphatic heterocycles. The van der Waals surface area contributed by atoms with Crippen molar-refractivity contribution in [2.24, 2.45) is 11.7 Å². The minimum atomic E-state index is -1.17. The summed E-state index contributed by atoms with van der Waals surface area (Å²) in [6.07, 6.45) is 1.86. The Morgan fingerprint density at radius 1 is 1.07 bits per heavy atom. The molecule has 2 rings (SSSR count). The van der Waals surface area contributed by atoms with Crippen LogP contribution in [-0.2, 0) is 0 Å². The molecule has 0 saturated heterocycles. The van der Waals surface area contributed by atoms with Gasteiger partial charge in [0.15, 0.2) is 11.6 Å². The molecule has 0 spiro atoms. The number of halogens is 3.